The number of alkyl halides is 1. The van der Waals surface area contributed by atoms with Gasteiger partial charge in [-0.3, -0.25) is 0 Å². The molecule has 0 aliphatic rings. The van der Waals surface area contributed by atoms with Crippen molar-refractivity contribution in [3.05, 3.63) is 17.2 Å². The minimum absolute atomic E-state index is 0.176. The molecule has 0 aliphatic heterocycles. The third kappa shape index (κ3) is 2.38. The number of benzene rings is 1. The summed E-state index contributed by atoms with van der Waals surface area (Å²) in [6.45, 7) is 0.333. The average molecular weight is 278 g/mol. The van der Waals surface area contributed by atoms with E-state index in [-0.39, 0.29) is 5.88 Å². The van der Waals surface area contributed by atoms with E-state index in [9.17, 15) is 5.11 Å². The molecule has 1 atom stereocenters. The minimum atomic E-state index is -0.611. The van der Waals surface area contributed by atoms with Crippen LogP contribution in [0.2, 0.25) is 5.02 Å². The zero-order valence-corrected chi connectivity index (χ0v) is 10.5. The average Bonchev–Trinajstić information content (AvgIpc) is 2.75. The van der Waals surface area contributed by atoms with Gasteiger partial charge in [0.15, 0.2) is 0 Å². The van der Waals surface area contributed by atoms with Gasteiger partial charge >= 0.3 is 0 Å². The Morgan fingerprint density at radius 1 is 1.44 bits per heavy atom. The van der Waals surface area contributed by atoms with Crippen LogP contribution in [0.5, 0.6) is 0 Å². The molecule has 0 aliphatic carbocycles. The van der Waals surface area contributed by atoms with Crippen molar-refractivity contribution in [2.75, 3.05) is 17.7 Å². The largest absolute Gasteiger partial charge is 0.390 e. The van der Waals surface area contributed by atoms with Crippen molar-refractivity contribution in [2.45, 2.75) is 6.10 Å². The van der Waals surface area contributed by atoms with Gasteiger partial charge in [0.05, 0.1) is 34.4 Å². The third-order valence-electron chi connectivity index (χ3n) is 2.07. The monoisotopic (exact) mass is 277 g/mol. The van der Waals surface area contributed by atoms with Gasteiger partial charge in [0.1, 0.15) is 11.0 Å². The van der Waals surface area contributed by atoms with Crippen LogP contribution in [0.1, 0.15) is 0 Å². The number of hydrogen-bond acceptors (Lipinski definition) is 5. The van der Waals surface area contributed by atoms with Gasteiger partial charge in [0.2, 0.25) is 0 Å². The fraction of sp³-hybridized carbons (Fsp3) is 0.333. The lowest BCUT2D eigenvalue weighted by Crippen LogP contribution is -2.21. The zero-order valence-electron chi connectivity index (χ0n) is 8.15. The molecule has 0 fully saturated rings. The first-order valence-corrected chi connectivity index (χ1v) is 6.25. The Morgan fingerprint density at radius 3 is 3.00 bits per heavy atom. The highest BCUT2D eigenvalue weighted by molar-refractivity contribution is 7.00. The molecule has 0 amide bonds. The molecule has 0 bridgehead atoms. The van der Waals surface area contributed by atoms with Gasteiger partial charge in [0, 0.05) is 6.54 Å². The smallest absolute Gasteiger partial charge is 0.129 e. The van der Waals surface area contributed by atoms with Crippen molar-refractivity contribution in [1.29, 1.82) is 0 Å². The van der Waals surface area contributed by atoms with Gasteiger partial charge in [-0.15, -0.1) is 11.6 Å². The molecule has 86 valence electrons. The van der Waals surface area contributed by atoms with Crippen LogP contribution in [0.4, 0.5) is 5.69 Å². The zero-order chi connectivity index (χ0) is 11.5. The summed E-state index contributed by atoms with van der Waals surface area (Å²) in [7, 11) is 0. The molecule has 4 nitrogen and oxygen atoms in total. The number of aromatic nitrogens is 2. The van der Waals surface area contributed by atoms with Gasteiger partial charge in [-0.05, 0) is 12.1 Å². The molecular formula is C9H9Cl2N3OS. The van der Waals surface area contributed by atoms with E-state index in [0.717, 1.165) is 22.8 Å². The molecule has 2 aromatic rings. The quantitative estimate of drug-likeness (QED) is 0.843. The Morgan fingerprint density at radius 2 is 2.25 bits per heavy atom. The molecule has 0 saturated heterocycles. The normalized spacial score (nSPS) is 12.9. The Labute approximate surface area is 107 Å². The summed E-state index contributed by atoms with van der Waals surface area (Å²) in [6.07, 6.45) is -0.611. The van der Waals surface area contributed by atoms with E-state index in [1.165, 1.54) is 0 Å². The summed E-state index contributed by atoms with van der Waals surface area (Å²) in [5.41, 5.74) is 2.20. The molecule has 0 saturated carbocycles. The number of rotatable bonds is 4. The fourth-order valence-corrected chi connectivity index (χ4v) is 2.14. The van der Waals surface area contributed by atoms with Crippen LogP contribution in [0.3, 0.4) is 0 Å². The van der Waals surface area contributed by atoms with E-state index in [1.54, 1.807) is 6.07 Å². The van der Waals surface area contributed by atoms with Crippen molar-refractivity contribution >= 4 is 51.7 Å². The fourth-order valence-electron chi connectivity index (χ4n) is 1.27. The lowest BCUT2D eigenvalue weighted by Gasteiger charge is -2.11. The molecule has 0 radical (unpaired) electrons. The summed E-state index contributed by atoms with van der Waals surface area (Å²) in [5, 5.41) is 12.9. The first-order valence-electron chi connectivity index (χ1n) is 4.61. The van der Waals surface area contributed by atoms with Crippen LogP contribution in [0.15, 0.2) is 12.1 Å². The molecule has 2 rings (SSSR count). The Bertz CT molecular complexity index is 491. The number of halogens is 2. The van der Waals surface area contributed by atoms with Crippen molar-refractivity contribution in [1.82, 2.24) is 8.75 Å². The maximum atomic E-state index is 9.36. The van der Waals surface area contributed by atoms with Gasteiger partial charge in [0.25, 0.3) is 0 Å². The second-order valence-corrected chi connectivity index (χ2v) is 4.49. The predicted molar refractivity (Wildman–Crippen MR) is 67.6 cm³/mol. The van der Waals surface area contributed by atoms with Gasteiger partial charge in [-0.1, -0.05) is 11.6 Å². The predicted octanol–water partition coefficient (Wildman–Crippen LogP) is 2.36. The molecule has 1 aromatic carbocycles. The summed E-state index contributed by atoms with van der Waals surface area (Å²) in [6, 6.07) is 3.56. The number of nitrogens with one attached hydrogen (secondary N) is 1. The molecular weight excluding hydrogens is 269 g/mol. The number of nitrogens with zero attached hydrogens (tertiary/aromatic N) is 2. The van der Waals surface area contributed by atoms with E-state index in [4.69, 9.17) is 23.2 Å². The molecule has 2 N–H and O–H groups in total. The number of aliphatic hydroxyl groups excluding tert-OH is 1. The first-order chi connectivity index (χ1) is 7.72. The van der Waals surface area contributed by atoms with E-state index in [0.29, 0.717) is 17.3 Å². The maximum absolute atomic E-state index is 9.36. The topological polar surface area (TPSA) is 58.0 Å². The van der Waals surface area contributed by atoms with Gasteiger partial charge in [-0.25, -0.2) is 0 Å². The van der Waals surface area contributed by atoms with Crippen LogP contribution in [0, 0.1) is 0 Å². The third-order valence-corrected chi connectivity index (χ3v) is 3.28. The van der Waals surface area contributed by atoms with Crippen molar-refractivity contribution in [3.63, 3.8) is 0 Å². The van der Waals surface area contributed by atoms with Crippen molar-refractivity contribution in [3.8, 4) is 0 Å². The summed E-state index contributed by atoms with van der Waals surface area (Å²) >= 11 is 12.7. The highest BCUT2D eigenvalue weighted by Gasteiger charge is 2.10. The van der Waals surface area contributed by atoms with Crippen LogP contribution in [-0.4, -0.2) is 32.4 Å². The summed E-state index contributed by atoms with van der Waals surface area (Å²) in [5.74, 6) is 0.176. The molecule has 1 unspecified atom stereocenters. The number of fused-ring (bicyclic) bond motifs is 1. The summed E-state index contributed by atoms with van der Waals surface area (Å²) < 4.78 is 8.26. The van der Waals surface area contributed by atoms with E-state index in [2.05, 4.69) is 14.1 Å². The molecule has 16 heavy (non-hydrogen) atoms. The van der Waals surface area contributed by atoms with Crippen molar-refractivity contribution < 1.29 is 5.11 Å². The minimum Gasteiger partial charge on any atom is -0.390 e. The molecule has 0 spiro atoms. The molecule has 1 heterocycles. The van der Waals surface area contributed by atoms with Crippen LogP contribution in [0.25, 0.3) is 11.0 Å². The Kier molecular flexibility index (Phi) is 3.81. The van der Waals surface area contributed by atoms with Crippen LogP contribution in [-0.2, 0) is 0 Å². The number of hydrogen-bond donors (Lipinski definition) is 2. The lowest BCUT2D eigenvalue weighted by molar-refractivity contribution is 0.211. The van der Waals surface area contributed by atoms with E-state index < -0.39 is 6.10 Å². The number of anilines is 1. The van der Waals surface area contributed by atoms with Crippen LogP contribution < -0.4 is 5.32 Å². The molecule has 7 heteroatoms. The second kappa shape index (κ2) is 5.14. The Balaban J connectivity index is 2.27. The highest BCUT2D eigenvalue weighted by Crippen LogP contribution is 2.29. The van der Waals surface area contributed by atoms with Gasteiger partial charge < -0.3 is 10.4 Å². The summed E-state index contributed by atoms with van der Waals surface area (Å²) in [4.78, 5) is 0. The molecule has 1 aromatic heterocycles. The van der Waals surface area contributed by atoms with E-state index in [1.807, 2.05) is 6.07 Å². The van der Waals surface area contributed by atoms with Crippen LogP contribution >= 0.6 is 34.9 Å². The van der Waals surface area contributed by atoms with Crippen molar-refractivity contribution in [2.24, 2.45) is 0 Å². The second-order valence-electron chi connectivity index (χ2n) is 3.24. The van der Waals surface area contributed by atoms with Gasteiger partial charge in [-0.2, -0.15) is 8.75 Å². The first kappa shape index (κ1) is 11.9. The lowest BCUT2D eigenvalue weighted by atomic mass is 10.2. The SMILES string of the molecule is OC(CCl)CNc1c(Cl)ccc2nsnc12. The maximum Gasteiger partial charge on any atom is 0.129 e. The highest BCUT2D eigenvalue weighted by atomic mass is 35.5. The Hall–Kier alpha value is -0.620. The number of aliphatic hydroxyl groups is 1. The van der Waals surface area contributed by atoms with E-state index >= 15 is 0 Å². The standard InChI is InChI=1S/C9H9Cl2N3OS/c10-3-5(15)4-12-8-6(11)1-2-7-9(8)14-16-13-7/h1-2,5,12,15H,3-4H2.